The molecule has 0 N–H and O–H groups in total. The fourth-order valence-corrected chi connectivity index (χ4v) is 2.10. The number of ether oxygens (including phenoxy) is 1. The van der Waals surface area contributed by atoms with Gasteiger partial charge in [-0.3, -0.25) is 0 Å². The van der Waals surface area contributed by atoms with Gasteiger partial charge in [0.05, 0.1) is 12.0 Å². The molecule has 18 heavy (non-hydrogen) atoms. The Bertz CT molecular complexity index is 441. The number of benzene rings is 2. The number of halogens is 1. The third-order valence-electron chi connectivity index (χ3n) is 2.78. The molecule has 0 aliphatic heterocycles. The van der Waals surface area contributed by atoms with Gasteiger partial charge in [-0.2, -0.15) is 0 Å². The first kappa shape index (κ1) is 13.0. The summed E-state index contributed by atoms with van der Waals surface area (Å²) in [6.45, 7) is 0.708. The highest BCUT2D eigenvalue weighted by Gasteiger charge is 2.06. The summed E-state index contributed by atoms with van der Waals surface area (Å²) in [4.78, 5) is 0. The summed E-state index contributed by atoms with van der Waals surface area (Å²) in [5.74, 6) is 0.920. The lowest BCUT2D eigenvalue weighted by Gasteiger charge is -2.10. The van der Waals surface area contributed by atoms with Gasteiger partial charge in [0.1, 0.15) is 5.75 Å². The molecular weight excluding hydrogens is 244 g/mol. The van der Waals surface area contributed by atoms with E-state index in [-0.39, 0.29) is 5.38 Å². The minimum absolute atomic E-state index is 0.0746. The van der Waals surface area contributed by atoms with Crippen molar-refractivity contribution in [2.75, 3.05) is 6.61 Å². The molecule has 2 heteroatoms. The molecule has 2 aromatic carbocycles. The molecule has 0 saturated heterocycles. The summed E-state index contributed by atoms with van der Waals surface area (Å²) in [5, 5.41) is 0.0746. The average Bonchev–Trinajstić information content (AvgIpc) is 2.45. The average molecular weight is 261 g/mol. The number of hydrogen-bond donors (Lipinski definition) is 0. The molecule has 0 bridgehead atoms. The van der Waals surface area contributed by atoms with E-state index in [0.29, 0.717) is 6.61 Å². The first-order valence-electron chi connectivity index (χ1n) is 6.23. The van der Waals surface area contributed by atoms with Gasteiger partial charge in [0.2, 0.25) is 0 Å². The van der Waals surface area contributed by atoms with Crippen LogP contribution in [0.3, 0.4) is 0 Å². The maximum Gasteiger partial charge on any atom is 0.119 e. The second-order valence-corrected chi connectivity index (χ2v) is 4.71. The van der Waals surface area contributed by atoms with E-state index < -0.39 is 0 Å². The van der Waals surface area contributed by atoms with Gasteiger partial charge in [0.15, 0.2) is 0 Å². The summed E-state index contributed by atoms with van der Waals surface area (Å²) >= 11 is 6.33. The third kappa shape index (κ3) is 4.08. The Morgan fingerprint density at radius 1 is 0.889 bits per heavy atom. The zero-order valence-corrected chi connectivity index (χ0v) is 11.0. The lowest BCUT2D eigenvalue weighted by Crippen LogP contribution is -1.99. The van der Waals surface area contributed by atoms with Gasteiger partial charge >= 0.3 is 0 Å². The molecule has 0 radical (unpaired) electrons. The Labute approximate surface area is 113 Å². The first-order valence-corrected chi connectivity index (χ1v) is 6.67. The third-order valence-corrected chi connectivity index (χ3v) is 3.25. The van der Waals surface area contributed by atoms with Gasteiger partial charge in [-0.05, 0) is 30.5 Å². The van der Waals surface area contributed by atoms with Crippen molar-refractivity contribution >= 4 is 11.6 Å². The molecular formula is C16H17ClO. The standard InChI is InChI=1S/C16H17ClO/c17-16(14-8-3-1-4-9-14)12-7-13-18-15-10-5-2-6-11-15/h1-6,8-11,16H,7,12-13H2. The smallest absolute Gasteiger partial charge is 0.119 e. The van der Waals surface area contributed by atoms with Crippen LogP contribution in [-0.2, 0) is 0 Å². The number of hydrogen-bond acceptors (Lipinski definition) is 1. The van der Waals surface area contributed by atoms with Crippen LogP contribution in [0.4, 0.5) is 0 Å². The molecule has 0 spiro atoms. The number of para-hydroxylation sites is 1. The van der Waals surface area contributed by atoms with E-state index in [0.717, 1.165) is 18.6 Å². The summed E-state index contributed by atoms with van der Waals surface area (Å²) in [6.07, 6.45) is 1.89. The summed E-state index contributed by atoms with van der Waals surface area (Å²) < 4.78 is 5.63. The van der Waals surface area contributed by atoms with E-state index in [9.17, 15) is 0 Å². The van der Waals surface area contributed by atoms with Crippen molar-refractivity contribution in [2.45, 2.75) is 18.2 Å². The predicted octanol–water partition coefficient (Wildman–Crippen LogP) is 4.83. The molecule has 1 nitrogen and oxygen atoms in total. The van der Waals surface area contributed by atoms with Crippen LogP contribution in [-0.4, -0.2) is 6.61 Å². The van der Waals surface area contributed by atoms with Gasteiger partial charge in [0, 0.05) is 0 Å². The normalized spacial score (nSPS) is 12.1. The van der Waals surface area contributed by atoms with Crippen molar-refractivity contribution in [1.82, 2.24) is 0 Å². The Morgan fingerprint density at radius 2 is 1.50 bits per heavy atom. The molecule has 1 atom stereocenters. The largest absolute Gasteiger partial charge is 0.494 e. The highest BCUT2D eigenvalue weighted by molar-refractivity contribution is 6.20. The zero-order valence-electron chi connectivity index (χ0n) is 10.3. The molecule has 0 fully saturated rings. The summed E-state index contributed by atoms with van der Waals surface area (Å²) in [5.41, 5.74) is 1.18. The van der Waals surface area contributed by atoms with E-state index in [4.69, 9.17) is 16.3 Å². The summed E-state index contributed by atoms with van der Waals surface area (Å²) in [7, 11) is 0. The molecule has 0 amide bonds. The van der Waals surface area contributed by atoms with Gasteiger partial charge < -0.3 is 4.74 Å². The van der Waals surface area contributed by atoms with E-state index >= 15 is 0 Å². The fourth-order valence-electron chi connectivity index (χ4n) is 1.80. The highest BCUT2D eigenvalue weighted by Crippen LogP contribution is 2.25. The van der Waals surface area contributed by atoms with Gasteiger partial charge in [-0.15, -0.1) is 11.6 Å². The molecule has 0 heterocycles. The Morgan fingerprint density at radius 3 is 2.17 bits per heavy atom. The number of alkyl halides is 1. The van der Waals surface area contributed by atoms with Crippen molar-refractivity contribution in [1.29, 1.82) is 0 Å². The predicted molar refractivity (Wildman–Crippen MR) is 76.2 cm³/mol. The molecule has 0 aromatic heterocycles. The molecule has 94 valence electrons. The van der Waals surface area contributed by atoms with Crippen molar-refractivity contribution in [3.8, 4) is 5.75 Å². The number of rotatable bonds is 6. The van der Waals surface area contributed by atoms with Crippen LogP contribution in [0.2, 0.25) is 0 Å². The van der Waals surface area contributed by atoms with Gasteiger partial charge in [-0.25, -0.2) is 0 Å². The maximum absolute atomic E-state index is 6.33. The van der Waals surface area contributed by atoms with Crippen molar-refractivity contribution in [3.63, 3.8) is 0 Å². The molecule has 2 aromatic rings. The second-order valence-electron chi connectivity index (χ2n) is 4.18. The second kappa shape index (κ2) is 7.07. The lowest BCUT2D eigenvalue weighted by molar-refractivity contribution is 0.306. The van der Waals surface area contributed by atoms with Crippen LogP contribution in [0.15, 0.2) is 60.7 Å². The lowest BCUT2D eigenvalue weighted by atomic mass is 10.1. The monoisotopic (exact) mass is 260 g/mol. The Kier molecular flexibility index (Phi) is 5.10. The van der Waals surface area contributed by atoms with Crippen LogP contribution in [0.5, 0.6) is 5.75 Å². The Hall–Kier alpha value is -1.47. The first-order chi connectivity index (χ1) is 8.86. The molecule has 0 aliphatic carbocycles. The van der Waals surface area contributed by atoms with E-state index in [2.05, 4.69) is 12.1 Å². The van der Waals surface area contributed by atoms with Crippen LogP contribution >= 0.6 is 11.6 Å². The quantitative estimate of drug-likeness (QED) is 0.534. The SMILES string of the molecule is ClC(CCCOc1ccccc1)c1ccccc1. The summed E-state index contributed by atoms with van der Waals surface area (Å²) in [6, 6.07) is 20.0. The van der Waals surface area contributed by atoms with Crippen LogP contribution < -0.4 is 4.74 Å². The topological polar surface area (TPSA) is 9.23 Å². The van der Waals surface area contributed by atoms with Crippen LogP contribution in [0.1, 0.15) is 23.8 Å². The van der Waals surface area contributed by atoms with Gasteiger partial charge in [0.25, 0.3) is 0 Å². The van der Waals surface area contributed by atoms with E-state index in [1.165, 1.54) is 5.56 Å². The minimum Gasteiger partial charge on any atom is -0.494 e. The van der Waals surface area contributed by atoms with Crippen molar-refractivity contribution < 1.29 is 4.74 Å². The van der Waals surface area contributed by atoms with Crippen molar-refractivity contribution in [3.05, 3.63) is 66.2 Å². The highest BCUT2D eigenvalue weighted by atomic mass is 35.5. The molecule has 0 saturated carbocycles. The zero-order chi connectivity index (χ0) is 12.6. The van der Waals surface area contributed by atoms with Crippen molar-refractivity contribution in [2.24, 2.45) is 0 Å². The van der Waals surface area contributed by atoms with Crippen LogP contribution in [0.25, 0.3) is 0 Å². The van der Waals surface area contributed by atoms with Crippen LogP contribution in [0, 0.1) is 0 Å². The fraction of sp³-hybridized carbons (Fsp3) is 0.250. The van der Waals surface area contributed by atoms with E-state index in [1.54, 1.807) is 0 Å². The van der Waals surface area contributed by atoms with E-state index in [1.807, 2.05) is 48.5 Å². The molecule has 2 rings (SSSR count). The minimum atomic E-state index is 0.0746. The Balaban J connectivity index is 1.70. The van der Waals surface area contributed by atoms with Gasteiger partial charge in [-0.1, -0.05) is 48.5 Å². The molecule has 1 unspecified atom stereocenters. The molecule has 0 aliphatic rings. The maximum atomic E-state index is 6.33.